The van der Waals surface area contributed by atoms with Gasteiger partial charge < -0.3 is 33.5 Å². The largest absolute Gasteiger partial charge is 0.497 e. The lowest BCUT2D eigenvalue weighted by molar-refractivity contribution is -0.218. The highest BCUT2D eigenvalue weighted by Crippen LogP contribution is 2.47. The first-order valence-electron chi connectivity index (χ1n) is 13.7. The van der Waals surface area contributed by atoms with Gasteiger partial charge in [0, 0.05) is 24.9 Å². The normalized spacial score (nSPS) is 31.4. The quantitative estimate of drug-likeness (QED) is 0.229. The maximum atomic E-state index is 9.71. The van der Waals surface area contributed by atoms with Gasteiger partial charge in [0.05, 0.1) is 50.1 Å². The molecule has 2 saturated heterocycles. The highest BCUT2D eigenvalue weighted by molar-refractivity contribution is 9.09. The number of aliphatic hydroxyl groups excluding tert-OH is 1. The average molecular weight is 608 g/mol. The zero-order chi connectivity index (χ0) is 28.2. The fourth-order valence-corrected chi connectivity index (χ4v) is 6.61. The number of methoxy groups -OCH3 is 2. The van der Waals surface area contributed by atoms with Gasteiger partial charge in [-0.25, -0.2) is 0 Å². The van der Waals surface area contributed by atoms with Crippen molar-refractivity contribution in [3.63, 3.8) is 0 Å². The molecule has 8 heteroatoms. The Morgan fingerprint density at radius 2 is 1.62 bits per heavy atom. The molecule has 0 spiro atoms. The summed E-state index contributed by atoms with van der Waals surface area (Å²) in [5.74, 6) is 0.864. The lowest BCUT2D eigenvalue weighted by Crippen LogP contribution is -2.54. The van der Waals surface area contributed by atoms with E-state index in [2.05, 4.69) is 55.8 Å². The van der Waals surface area contributed by atoms with Gasteiger partial charge in [-0.2, -0.15) is 0 Å². The fraction of sp³-hybridized carbons (Fsp3) is 0.613. The molecule has 0 amide bonds. The first-order chi connectivity index (χ1) is 18.7. The van der Waals surface area contributed by atoms with Crippen molar-refractivity contribution in [2.24, 2.45) is 17.8 Å². The SMILES string of the molecule is COc1ccc(CO[C@H]([C@@H](C)[C@@H]2O[C@@H]2CO)[C@H](C)[C@@H](OCc2ccccc2)[C@]2(C)O[C@@H](OC)[C@H](C)[C@H]2Br)cc1. The molecular formula is C31H43BrO7. The Balaban J connectivity index is 1.62. The first-order valence-corrected chi connectivity index (χ1v) is 14.7. The lowest BCUT2D eigenvalue weighted by atomic mass is 9.78. The second kappa shape index (κ2) is 13.4. The highest BCUT2D eigenvalue weighted by atomic mass is 79.9. The Bertz CT molecular complexity index is 1020. The van der Waals surface area contributed by atoms with E-state index in [-0.39, 0.29) is 59.9 Å². The number of hydrogen-bond acceptors (Lipinski definition) is 7. The molecule has 2 aliphatic heterocycles. The van der Waals surface area contributed by atoms with Gasteiger partial charge >= 0.3 is 0 Å². The topological polar surface area (TPSA) is 78.9 Å². The van der Waals surface area contributed by atoms with Crippen LogP contribution in [0.1, 0.15) is 38.8 Å². The smallest absolute Gasteiger partial charge is 0.161 e. The van der Waals surface area contributed by atoms with Gasteiger partial charge in [-0.1, -0.05) is 79.2 Å². The molecule has 216 valence electrons. The molecule has 0 aromatic heterocycles. The summed E-state index contributed by atoms with van der Waals surface area (Å²) in [5, 5.41) is 9.71. The highest BCUT2D eigenvalue weighted by Gasteiger charge is 2.58. The third-order valence-corrected chi connectivity index (χ3v) is 10.1. The van der Waals surface area contributed by atoms with Crippen LogP contribution in [0.15, 0.2) is 54.6 Å². The van der Waals surface area contributed by atoms with E-state index in [0.717, 1.165) is 16.9 Å². The molecule has 0 unspecified atom stereocenters. The predicted octanol–water partition coefficient (Wildman–Crippen LogP) is 5.36. The van der Waals surface area contributed by atoms with Crippen molar-refractivity contribution in [1.82, 2.24) is 0 Å². The summed E-state index contributed by atoms with van der Waals surface area (Å²) in [6, 6.07) is 18.1. The second-order valence-electron chi connectivity index (χ2n) is 11.0. The number of aliphatic hydroxyl groups is 1. The van der Waals surface area contributed by atoms with Crippen molar-refractivity contribution in [2.45, 2.75) is 82.0 Å². The number of alkyl halides is 1. The van der Waals surface area contributed by atoms with Crippen LogP contribution in [0, 0.1) is 17.8 Å². The number of benzene rings is 2. The van der Waals surface area contributed by atoms with Crippen molar-refractivity contribution in [3.8, 4) is 5.75 Å². The fourth-order valence-electron chi connectivity index (χ4n) is 5.99. The van der Waals surface area contributed by atoms with Gasteiger partial charge in [-0.3, -0.25) is 0 Å². The van der Waals surface area contributed by atoms with Gasteiger partial charge in [-0.15, -0.1) is 0 Å². The maximum absolute atomic E-state index is 9.71. The minimum Gasteiger partial charge on any atom is -0.497 e. The van der Waals surface area contributed by atoms with E-state index in [1.807, 2.05) is 42.5 Å². The van der Waals surface area contributed by atoms with Crippen molar-refractivity contribution in [2.75, 3.05) is 20.8 Å². The van der Waals surface area contributed by atoms with Crippen molar-refractivity contribution < 1.29 is 33.5 Å². The average Bonchev–Trinajstić information content (AvgIpc) is 3.72. The minimum atomic E-state index is -0.684. The minimum absolute atomic E-state index is 0.000142. The molecule has 39 heavy (non-hydrogen) atoms. The van der Waals surface area contributed by atoms with Crippen LogP contribution in [0.25, 0.3) is 0 Å². The standard InChI is InChI=1S/C31H43BrO7/c1-19(27-25(16-33)38-27)26(36-17-23-12-14-24(34-5)15-13-23)20(2)29(37-18-22-10-8-7-9-11-22)31(4)28(32)21(3)30(35-6)39-31/h7-15,19-21,25-30,33H,16-18H2,1-6H3/t19-,20+,21-,25-,26-,27+,28-,29-,30-,31-/m1/s1. The Morgan fingerprint density at radius 3 is 2.18 bits per heavy atom. The van der Waals surface area contributed by atoms with Gasteiger partial charge in [0.25, 0.3) is 0 Å². The zero-order valence-electron chi connectivity index (χ0n) is 23.8. The maximum Gasteiger partial charge on any atom is 0.161 e. The molecule has 1 N–H and O–H groups in total. The van der Waals surface area contributed by atoms with Crippen LogP contribution in [0.3, 0.4) is 0 Å². The molecule has 4 rings (SSSR count). The molecule has 2 aromatic rings. The summed E-state index contributed by atoms with van der Waals surface area (Å²) in [4.78, 5) is -0.00178. The number of hydrogen-bond donors (Lipinski definition) is 1. The molecule has 2 aromatic carbocycles. The number of rotatable bonds is 14. The van der Waals surface area contributed by atoms with Crippen LogP contribution in [0.4, 0.5) is 0 Å². The number of ether oxygens (including phenoxy) is 6. The van der Waals surface area contributed by atoms with Crippen molar-refractivity contribution in [3.05, 3.63) is 65.7 Å². The second-order valence-corrected chi connectivity index (χ2v) is 12.0. The molecule has 2 fully saturated rings. The van der Waals surface area contributed by atoms with E-state index < -0.39 is 5.60 Å². The molecule has 0 radical (unpaired) electrons. The number of halogens is 1. The molecular weight excluding hydrogens is 564 g/mol. The number of epoxide rings is 1. The summed E-state index contributed by atoms with van der Waals surface area (Å²) in [7, 11) is 3.34. The Labute approximate surface area is 241 Å². The van der Waals surface area contributed by atoms with Crippen LogP contribution in [0.5, 0.6) is 5.75 Å². The van der Waals surface area contributed by atoms with Gasteiger partial charge in [0.15, 0.2) is 6.29 Å². The predicted molar refractivity (Wildman–Crippen MR) is 153 cm³/mol. The van der Waals surface area contributed by atoms with Gasteiger partial charge in [-0.05, 0) is 30.2 Å². The van der Waals surface area contributed by atoms with Crippen LogP contribution >= 0.6 is 15.9 Å². The van der Waals surface area contributed by atoms with E-state index in [4.69, 9.17) is 28.4 Å². The van der Waals surface area contributed by atoms with Crippen LogP contribution in [-0.4, -0.2) is 67.1 Å². The Morgan fingerprint density at radius 1 is 0.974 bits per heavy atom. The molecule has 2 aliphatic rings. The van der Waals surface area contributed by atoms with Gasteiger partial charge in [0.2, 0.25) is 0 Å². The molecule has 7 nitrogen and oxygen atoms in total. The Kier molecular flexibility index (Phi) is 10.5. The monoisotopic (exact) mass is 606 g/mol. The molecule has 0 aliphatic carbocycles. The van der Waals surface area contributed by atoms with Crippen LogP contribution in [0.2, 0.25) is 0 Å². The Hall–Kier alpha value is -1.52. The third-order valence-electron chi connectivity index (χ3n) is 8.31. The van der Waals surface area contributed by atoms with Crippen LogP contribution < -0.4 is 4.74 Å². The van der Waals surface area contributed by atoms with Crippen LogP contribution in [-0.2, 0) is 36.9 Å². The van der Waals surface area contributed by atoms with Crippen molar-refractivity contribution in [1.29, 1.82) is 0 Å². The van der Waals surface area contributed by atoms with E-state index >= 15 is 0 Å². The summed E-state index contributed by atoms with van der Waals surface area (Å²) >= 11 is 3.94. The van der Waals surface area contributed by atoms with E-state index in [1.165, 1.54) is 0 Å². The first kappa shape index (κ1) is 30.4. The summed E-state index contributed by atoms with van der Waals surface area (Å²) in [6.45, 7) is 9.40. The lowest BCUT2D eigenvalue weighted by Gasteiger charge is -2.43. The van der Waals surface area contributed by atoms with Gasteiger partial charge in [0.1, 0.15) is 17.5 Å². The van der Waals surface area contributed by atoms with Crippen molar-refractivity contribution >= 4 is 15.9 Å². The molecule has 10 atom stereocenters. The molecule has 2 heterocycles. The summed E-state index contributed by atoms with van der Waals surface area (Å²) < 4.78 is 36.9. The zero-order valence-corrected chi connectivity index (χ0v) is 25.4. The molecule has 0 saturated carbocycles. The third kappa shape index (κ3) is 6.87. The summed E-state index contributed by atoms with van der Waals surface area (Å²) in [5.41, 5.74) is 1.46. The van der Waals surface area contributed by atoms with E-state index in [0.29, 0.717) is 13.2 Å². The van der Waals surface area contributed by atoms with E-state index in [1.54, 1.807) is 14.2 Å². The molecule has 0 bridgehead atoms. The summed E-state index contributed by atoms with van der Waals surface area (Å²) in [6.07, 6.45) is -1.15. The van der Waals surface area contributed by atoms with E-state index in [9.17, 15) is 5.11 Å².